The number of carbonyl (C=O) groups is 3. The summed E-state index contributed by atoms with van der Waals surface area (Å²) in [5.41, 5.74) is -0.668. The number of aromatic nitrogens is 1. The molecule has 0 radical (unpaired) electrons. The number of para-hydroxylation sites is 1. The minimum absolute atomic E-state index is 0.00620. The Balaban J connectivity index is 1.64. The normalized spacial score (nSPS) is 16.6. The number of ether oxygens (including phenoxy) is 1. The number of hydrogen-bond acceptors (Lipinski definition) is 5. The van der Waals surface area contributed by atoms with E-state index in [-0.39, 0.29) is 24.2 Å². The number of carbonyl (C=O) groups excluding carboxylic acids is 3. The van der Waals surface area contributed by atoms with Crippen molar-refractivity contribution in [2.75, 3.05) is 12.0 Å². The zero-order valence-electron chi connectivity index (χ0n) is 19.4. The largest absolute Gasteiger partial charge is 0.497 e. The van der Waals surface area contributed by atoms with Crippen molar-refractivity contribution in [3.63, 3.8) is 0 Å². The highest BCUT2D eigenvalue weighted by atomic mass is 19.1. The van der Waals surface area contributed by atoms with Crippen molar-refractivity contribution in [3.05, 3.63) is 96.1 Å². The first-order valence-electron chi connectivity index (χ1n) is 11.4. The quantitative estimate of drug-likeness (QED) is 0.386. The van der Waals surface area contributed by atoms with Gasteiger partial charge in [-0.05, 0) is 36.1 Å². The molecule has 1 aliphatic rings. The summed E-state index contributed by atoms with van der Waals surface area (Å²) in [6.07, 6.45) is 2.25. The Labute approximate surface area is 206 Å². The van der Waals surface area contributed by atoms with E-state index in [9.17, 15) is 18.8 Å². The van der Waals surface area contributed by atoms with Gasteiger partial charge in [0.05, 0.1) is 18.5 Å². The molecule has 3 aromatic carbocycles. The highest BCUT2D eigenvalue weighted by molar-refractivity contribution is 6.15. The summed E-state index contributed by atoms with van der Waals surface area (Å²) in [6, 6.07) is 19.9. The standard InChI is InChI=1S/C28H22FN3O4/c1-36-20-11-12-21-25(16-20)32(24-10-5-4-9-22(24)29)27(35)28(21,13-6-14-33)31-26(34)23-15-18-7-2-3-8-19(18)17-30-23/h2-5,7-12,14-17H,6,13H2,1H3,(H,31,34)/t28-/m0/s1. The second kappa shape index (κ2) is 9.22. The first-order valence-corrected chi connectivity index (χ1v) is 11.4. The molecular weight excluding hydrogens is 461 g/mol. The van der Waals surface area contributed by atoms with E-state index >= 15 is 0 Å². The molecule has 0 spiro atoms. The van der Waals surface area contributed by atoms with Crippen LogP contribution in [0.5, 0.6) is 5.75 Å². The Morgan fingerprint density at radius 3 is 2.56 bits per heavy atom. The number of pyridine rings is 1. The number of halogens is 1. The van der Waals surface area contributed by atoms with E-state index in [1.165, 1.54) is 30.2 Å². The van der Waals surface area contributed by atoms with Crippen molar-refractivity contribution in [2.24, 2.45) is 0 Å². The molecule has 2 heterocycles. The van der Waals surface area contributed by atoms with Gasteiger partial charge in [-0.15, -0.1) is 0 Å². The third kappa shape index (κ3) is 3.76. The molecule has 0 fully saturated rings. The topological polar surface area (TPSA) is 88.6 Å². The number of aldehydes is 1. The molecule has 5 rings (SSSR count). The predicted molar refractivity (Wildman–Crippen MR) is 133 cm³/mol. The lowest BCUT2D eigenvalue weighted by molar-refractivity contribution is -0.123. The van der Waals surface area contributed by atoms with Crippen LogP contribution in [0.2, 0.25) is 0 Å². The molecule has 7 nitrogen and oxygen atoms in total. The molecule has 0 saturated carbocycles. The summed E-state index contributed by atoms with van der Waals surface area (Å²) in [7, 11) is 1.48. The molecule has 0 bridgehead atoms. The van der Waals surface area contributed by atoms with E-state index in [0.717, 1.165) is 10.8 Å². The number of anilines is 2. The lowest BCUT2D eigenvalue weighted by atomic mass is 9.86. The monoisotopic (exact) mass is 483 g/mol. The first kappa shape index (κ1) is 23.2. The maximum absolute atomic E-state index is 14.9. The Morgan fingerprint density at radius 1 is 1.06 bits per heavy atom. The van der Waals surface area contributed by atoms with Gasteiger partial charge in [0, 0.05) is 29.6 Å². The van der Waals surface area contributed by atoms with E-state index in [1.807, 2.05) is 24.3 Å². The fraction of sp³-hybridized carbons (Fsp3) is 0.143. The van der Waals surface area contributed by atoms with Crippen LogP contribution < -0.4 is 15.0 Å². The second-order valence-electron chi connectivity index (χ2n) is 8.46. The number of nitrogens with zero attached hydrogens (tertiary/aromatic N) is 2. The smallest absolute Gasteiger partial charge is 0.271 e. The number of rotatable bonds is 7. The van der Waals surface area contributed by atoms with Gasteiger partial charge in [0.15, 0.2) is 0 Å². The molecule has 1 aromatic heterocycles. The Hall–Kier alpha value is -4.59. The van der Waals surface area contributed by atoms with Gasteiger partial charge >= 0.3 is 0 Å². The van der Waals surface area contributed by atoms with E-state index in [4.69, 9.17) is 4.74 Å². The van der Waals surface area contributed by atoms with Crippen LogP contribution in [0.3, 0.4) is 0 Å². The van der Waals surface area contributed by atoms with Crippen molar-refractivity contribution in [2.45, 2.75) is 18.4 Å². The predicted octanol–water partition coefficient (Wildman–Crippen LogP) is 4.67. The number of amides is 2. The molecule has 0 unspecified atom stereocenters. The minimum Gasteiger partial charge on any atom is -0.497 e. The van der Waals surface area contributed by atoms with Crippen molar-refractivity contribution in [1.82, 2.24) is 10.3 Å². The third-order valence-corrected chi connectivity index (χ3v) is 6.39. The summed E-state index contributed by atoms with van der Waals surface area (Å²) in [6.45, 7) is 0. The fourth-order valence-corrected chi connectivity index (χ4v) is 4.64. The van der Waals surface area contributed by atoms with Crippen LogP contribution in [0.1, 0.15) is 28.9 Å². The highest BCUT2D eigenvalue weighted by Crippen LogP contribution is 2.48. The van der Waals surface area contributed by atoms with Gasteiger partial charge in [-0.2, -0.15) is 0 Å². The molecular formula is C28H22FN3O4. The van der Waals surface area contributed by atoms with Crippen LogP contribution in [0.25, 0.3) is 10.8 Å². The Bertz CT molecular complexity index is 1510. The molecule has 180 valence electrons. The lowest BCUT2D eigenvalue weighted by Crippen LogP contribution is -2.52. The zero-order valence-corrected chi connectivity index (χ0v) is 19.4. The summed E-state index contributed by atoms with van der Waals surface area (Å²) in [5.74, 6) is -1.31. The molecule has 8 heteroatoms. The van der Waals surface area contributed by atoms with Gasteiger partial charge in [-0.25, -0.2) is 4.39 Å². The maximum atomic E-state index is 14.9. The van der Waals surface area contributed by atoms with Crippen molar-refractivity contribution in [1.29, 1.82) is 0 Å². The van der Waals surface area contributed by atoms with Crippen molar-refractivity contribution >= 4 is 40.2 Å². The summed E-state index contributed by atoms with van der Waals surface area (Å²) < 4.78 is 20.2. The number of benzene rings is 3. The van der Waals surface area contributed by atoms with Crippen LogP contribution in [-0.2, 0) is 15.1 Å². The van der Waals surface area contributed by atoms with Gasteiger partial charge in [-0.1, -0.05) is 42.5 Å². The molecule has 36 heavy (non-hydrogen) atoms. The Kier molecular flexibility index (Phi) is 5.93. The van der Waals surface area contributed by atoms with Crippen molar-refractivity contribution < 1.29 is 23.5 Å². The molecule has 0 aliphatic carbocycles. The Morgan fingerprint density at radius 2 is 1.81 bits per heavy atom. The number of methoxy groups -OCH3 is 1. The SMILES string of the molecule is COc1ccc2c(c1)N(c1ccccc1F)C(=O)[C@@]2(CCC=O)NC(=O)c1cc2ccccc2cn1. The number of nitrogens with one attached hydrogen (secondary N) is 1. The molecule has 1 atom stereocenters. The third-order valence-electron chi connectivity index (χ3n) is 6.39. The fourth-order valence-electron chi connectivity index (χ4n) is 4.64. The molecule has 1 N–H and O–H groups in total. The van der Waals surface area contributed by atoms with Crippen LogP contribution in [0, 0.1) is 5.82 Å². The van der Waals surface area contributed by atoms with E-state index in [2.05, 4.69) is 10.3 Å². The van der Waals surface area contributed by atoms with Gasteiger partial charge < -0.3 is 14.8 Å². The van der Waals surface area contributed by atoms with Crippen LogP contribution in [-0.4, -0.2) is 30.2 Å². The maximum Gasteiger partial charge on any atom is 0.271 e. The molecule has 2 amide bonds. The van der Waals surface area contributed by atoms with Gasteiger partial charge in [0.25, 0.3) is 11.8 Å². The van der Waals surface area contributed by atoms with Crippen LogP contribution in [0.15, 0.2) is 79.0 Å². The van der Waals surface area contributed by atoms with Crippen molar-refractivity contribution in [3.8, 4) is 5.75 Å². The molecule has 1 aliphatic heterocycles. The minimum atomic E-state index is -1.62. The first-order chi connectivity index (χ1) is 17.5. The zero-order chi connectivity index (χ0) is 25.3. The number of fused-ring (bicyclic) bond motifs is 2. The van der Waals surface area contributed by atoms with Gasteiger partial charge in [0.1, 0.15) is 29.1 Å². The summed E-state index contributed by atoms with van der Waals surface area (Å²) >= 11 is 0. The van der Waals surface area contributed by atoms with E-state index < -0.39 is 23.2 Å². The summed E-state index contributed by atoms with van der Waals surface area (Å²) in [5, 5.41) is 4.54. The number of hydrogen-bond donors (Lipinski definition) is 1. The summed E-state index contributed by atoms with van der Waals surface area (Å²) in [4.78, 5) is 44.5. The average Bonchev–Trinajstić information content (AvgIpc) is 3.14. The van der Waals surface area contributed by atoms with Crippen LogP contribution in [0.4, 0.5) is 15.8 Å². The van der Waals surface area contributed by atoms with Crippen LogP contribution >= 0.6 is 0 Å². The molecule has 0 saturated heterocycles. The van der Waals surface area contributed by atoms with E-state index in [0.29, 0.717) is 23.3 Å². The average molecular weight is 483 g/mol. The van der Waals surface area contributed by atoms with Gasteiger partial charge in [-0.3, -0.25) is 19.5 Å². The second-order valence-corrected chi connectivity index (χ2v) is 8.46. The lowest BCUT2D eigenvalue weighted by Gasteiger charge is -2.29. The van der Waals surface area contributed by atoms with Gasteiger partial charge in [0.2, 0.25) is 0 Å². The highest BCUT2D eigenvalue weighted by Gasteiger charge is 2.53. The molecule has 4 aromatic rings. The van der Waals surface area contributed by atoms with E-state index in [1.54, 1.807) is 36.5 Å².